The van der Waals surface area contributed by atoms with Crippen molar-refractivity contribution >= 4 is 0 Å². The van der Waals surface area contributed by atoms with Crippen molar-refractivity contribution in [3.63, 3.8) is 0 Å². The largest absolute Gasteiger partial charge is 0.392 e. The zero-order valence-corrected chi connectivity index (χ0v) is 12.5. The first-order valence-corrected chi connectivity index (χ1v) is 7.35. The SMILES string of the molecule is C=C1CC[C@H]2[C@@H]1[C@@H]1C(O)C(C)(C)C[C@@H]1C2(OC)OC. The van der Waals surface area contributed by atoms with Crippen LogP contribution in [0.2, 0.25) is 0 Å². The molecule has 108 valence electrons. The average Bonchev–Trinajstić information content (AvgIpc) is 2.92. The van der Waals surface area contributed by atoms with Gasteiger partial charge >= 0.3 is 0 Å². The predicted molar refractivity (Wildman–Crippen MR) is 73.5 cm³/mol. The summed E-state index contributed by atoms with van der Waals surface area (Å²) < 4.78 is 11.8. The highest BCUT2D eigenvalue weighted by molar-refractivity contribution is 5.24. The maximum atomic E-state index is 10.8. The molecular formula is C16H26O3. The van der Waals surface area contributed by atoms with Gasteiger partial charge in [0.1, 0.15) is 0 Å². The summed E-state index contributed by atoms with van der Waals surface area (Å²) in [6.45, 7) is 8.55. The summed E-state index contributed by atoms with van der Waals surface area (Å²) in [6, 6.07) is 0. The van der Waals surface area contributed by atoms with Gasteiger partial charge in [-0.1, -0.05) is 26.0 Å². The average molecular weight is 266 g/mol. The van der Waals surface area contributed by atoms with Crippen LogP contribution in [0.25, 0.3) is 0 Å². The molecule has 3 fully saturated rings. The molecule has 5 atom stereocenters. The Kier molecular flexibility index (Phi) is 2.91. The Morgan fingerprint density at radius 2 is 1.84 bits per heavy atom. The Morgan fingerprint density at radius 3 is 2.42 bits per heavy atom. The maximum Gasteiger partial charge on any atom is 0.174 e. The molecular weight excluding hydrogens is 240 g/mol. The van der Waals surface area contributed by atoms with Crippen LogP contribution in [0, 0.1) is 29.1 Å². The number of aliphatic hydroxyl groups is 1. The standard InChI is InChI=1S/C16H26O3/c1-9-6-7-10-12(9)13-11(16(10,18-4)19-5)8-15(2,3)14(13)17/h10-14,17H,1,6-8H2,2-5H3/t10-,11-,12+,13+,14?/m0/s1. The van der Waals surface area contributed by atoms with E-state index in [9.17, 15) is 5.11 Å². The minimum Gasteiger partial charge on any atom is -0.392 e. The van der Waals surface area contributed by atoms with Crippen molar-refractivity contribution in [2.75, 3.05) is 14.2 Å². The number of rotatable bonds is 2. The summed E-state index contributed by atoms with van der Waals surface area (Å²) in [5.74, 6) is 0.718. The quantitative estimate of drug-likeness (QED) is 0.617. The van der Waals surface area contributed by atoms with E-state index in [0.29, 0.717) is 11.8 Å². The Hall–Kier alpha value is -0.380. The summed E-state index contributed by atoms with van der Waals surface area (Å²) in [6.07, 6.45) is 2.79. The second-order valence-electron chi connectivity index (χ2n) is 7.28. The topological polar surface area (TPSA) is 38.7 Å². The lowest BCUT2D eigenvalue weighted by molar-refractivity contribution is -0.256. The van der Waals surface area contributed by atoms with Gasteiger partial charge in [0.2, 0.25) is 0 Å². The van der Waals surface area contributed by atoms with Gasteiger partial charge in [-0.05, 0) is 30.6 Å². The number of fused-ring (bicyclic) bond motifs is 3. The lowest BCUT2D eigenvalue weighted by atomic mass is 9.79. The van der Waals surface area contributed by atoms with Gasteiger partial charge in [0.05, 0.1) is 6.10 Å². The minimum atomic E-state index is -0.524. The fourth-order valence-corrected chi connectivity index (χ4v) is 5.35. The van der Waals surface area contributed by atoms with Crippen molar-refractivity contribution in [3.05, 3.63) is 12.2 Å². The fraction of sp³-hybridized carbons (Fsp3) is 0.875. The molecule has 3 aliphatic rings. The van der Waals surface area contributed by atoms with Crippen LogP contribution in [0.3, 0.4) is 0 Å². The number of hydrogen-bond acceptors (Lipinski definition) is 3. The molecule has 3 rings (SSSR count). The highest BCUT2D eigenvalue weighted by atomic mass is 16.7. The van der Waals surface area contributed by atoms with Crippen LogP contribution in [0.4, 0.5) is 0 Å². The normalized spacial score (nSPS) is 46.4. The van der Waals surface area contributed by atoms with Crippen LogP contribution >= 0.6 is 0 Å². The molecule has 0 saturated heterocycles. The van der Waals surface area contributed by atoms with Crippen LogP contribution in [0.1, 0.15) is 33.1 Å². The van der Waals surface area contributed by atoms with E-state index in [1.807, 2.05) is 0 Å². The van der Waals surface area contributed by atoms with Crippen molar-refractivity contribution in [2.45, 2.75) is 45.0 Å². The fourth-order valence-electron chi connectivity index (χ4n) is 5.35. The van der Waals surface area contributed by atoms with E-state index >= 15 is 0 Å². The Morgan fingerprint density at radius 1 is 1.21 bits per heavy atom. The summed E-state index contributed by atoms with van der Waals surface area (Å²) in [4.78, 5) is 0. The molecule has 3 aliphatic carbocycles. The molecule has 0 radical (unpaired) electrons. The number of methoxy groups -OCH3 is 2. The van der Waals surface area contributed by atoms with E-state index in [1.54, 1.807) is 14.2 Å². The molecule has 1 unspecified atom stereocenters. The molecule has 3 nitrogen and oxygen atoms in total. The van der Waals surface area contributed by atoms with E-state index < -0.39 is 5.79 Å². The molecule has 0 spiro atoms. The first-order chi connectivity index (χ1) is 8.89. The Bertz CT molecular complexity index is 397. The molecule has 0 amide bonds. The van der Waals surface area contributed by atoms with Gasteiger partial charge < -0.3 is 14.6 Å². The van der Waals surface area contributed by atoms with E-state index in [0.717, 1.165) is 19.3 Å². The molecule has 0 aromatic heterocycles. The summed E-state index contributed by atoms with van der Waals surface area (Å²) in [7, 11) is 3.50. The number of allylic oxidation sites excluding steroid dienone is 1. The van der Waals surface area contributed by atoms with Gasteiger partial charge in [-0.25, -0.2) is 0 Å². The van der Waals surface area contributed by atoms with Gasteiger partial charge in [-0.15, -0.1) is 0 Å². The van der Waals surface area contributed by atoms with Crippen molar-refractivity contribution < 1.29 is 14.6 Å². The lowest BCUT2D eigenvalue weighted by Crippen LogP contribution is -2.44. The molecule has 19 heavy (non-hydrogen) atoms. The third kappa shape index (κ3) is 1.50. The van der Waals surface area contributed by atoms with Crippen molar-refractivity contribution in [1.29, 1.82) is 0 Å². The number of ether oxygens (including phenoxy) is 2. The van der Waals surface area contributed by atoms with Crippen LogP contribution in [-0.2, 0) is 9.47 Å². The van der Waals surface area contributed by atoms with Gasteiger partial charge in [0.25, 0.3) is 0 Å². The van der Waals surface area contributed by atoms with E-state index in [4.69, 9.17) is 9.47 Å². The van der Waals surface area contributed by atoms with Gasteiger partial charge in [-0.3, -0.25) is 0 Å². The van der Waals surface area contributed by atoms with Crippen LogP contribution < -0.4 is 0 Å². The molecule has 0 heterocycles. The minimum absolute atomic E-state index is 0.0640. The predicted octanol–water partition coefficient (Wildman–Crippen LogP) is 2.59. The molecule has 1 N–H and O–H groups in total. The monoisotopic (exact) mass is 266 g/mol. The van der Waals surface area contributed by atoms with Gasteiger partial charge in [0.15, 0.2) is 5.79 Å². The Balaban J connectivity index is 2.07. The molecule has 0 aliphatic heterocycles. The summed E-state index contributed by atoms with van der Waals surface area (Å²) >= 11 is 0. The molecule has 3 saturated carbocycles. The molecule has 0 aromatic rings. The van der Waals surface area contributed by atoms with E-state index in [-0.39, 0.29) is 23.4 Å². The third-order valence-electron chi connectivity index (χ3n) is 6.14. The molecule has 0 aromatic carbocycles. The van der Waals surface area contributed by atoms with Gasteiger partial charge in [0, 0.05) is 32.0 Å². The first kappa shape index (κ1) is 13.6. The number of aliphatic hydroxyl groups excluding tert-OH is 1. The van der Waals surface area contributed by atoms with Crippen LogP contribution in [-0.4, -0.2) is 31.2 Å². The Labute approximate surface area is 116 Å². The summed E-state index contributed by atoms with van der Waals surface area (Å²) in [5, 5.41) is 10.8. The zero-order chi connectivity index (χ0) is 14.0. The lowest BCUT2D eigenvalue weighted by Gasteiger charge is -2.38. The first-order valence-electron chi connectivity index (χ1n) is 7.35. The zero-order valence-electron chi connectivity index (χ0n) is 12.5. The highest BCUT2D eigenvalue weighted by Gasteiger charge is 2.69. The van der Waals surface area contributed by atoms with E-state index in [1.165, 1.54) is 5.57 Å². The van der Waals surface area contributed by atoms with E-state index in [2.05, 4.69) is 20.4 Å². The van der Waals surface area contributed by atoms with Crippen molar-refractivity contribution in [3.8, 4) is 0 Å². The number of hydrogen-bond donors (Lipinski definition) is 1. The second kappa shape index (κ2) is 4.06. The van der Waals surface area contributed by atoms with Crippen LogP contribution in [0.15, 0.2) is 12.2 Å². The second-order valence-corrected chi connectivity index (χ2v) is 7.28. The molecule has 3 heteroatoms. The molecule has 0 bridgehead atoms. The third-order valence-corrected chi connectivity index (χ3v) is 6.14. The van der Waals surface area contributed by atoms with Crippen LogP contribution in [0.5, 0.6) is 0 Å². The maximum absolute atomic E-state index is 10.8. The summed E-state index contributed by atoms with van der Waals surface area (Å²) in [5.41, 5.74) is 1.22. The van der Waals surface area contributed by atoms with Crippen molar-refractivity contribution in [2.24, 2.45) is 29.1 Å². The smallest absolute Gasteiger partial charge is 0.174 e. The highest BCUT2D eigenvalue weighted by Crippen LogP contribution is 2.67. The van der Waals surface area contributed by atoms with Gasteiger partial charge in [-0.2, -0.15) is 0 Å². The van der Waals surface area contributed by atoms with Crippen molar-refractivity contribution in [1.82, 2.24) is 0 Å².